The van der Waals surface area contributed by atoms with Gasteiger partial charge in [-0.05, 0) is 18.6 Å². The highest BCUT2D eigenvalue weighted by molar-refractivity contribution is 5.15. The molecule has 0 spiro atoms. The van der Waals surface area contributed by atoms with Crippen molar-refractivity contribution in [2.24, 2.45) is 0 Å². The van der Waals surface area contributed by atoms with Gasteiger partial charge in [0.15, 0.2) is 0 Å². The fraction of sp³-hybridized carbons (Fsp3) is 0.583. The zero-order valence-corrected chi connectivity index (χ0v) is 19.0. The molecule has 0 N–H and O–H groups in total. The molecular formula is C24H42N2O2. The van der Waals surface area contributed by atoms with Gasteiger partial charge in [0.25, 0.3) is 0 Å². The van der Waals surface area contributed by atoms with Crippen molar-refractivity contribution in [3.8, 4) is 12.8 Å². The molecule has 1 fully saturated rings. The second-order valence-electron chi connectivity index (χ2n) is 5.72. The molecule has 1 aliphatic rings. The minimum atomic E-state index is 0.676. The van der Waals surface area contributed by atoms with Gasteiger partial charge in [-0.15, -0.1) is 12.8 Å². The molecule has 1 aliphatic heterocycles. The van der Waals surface area contributed by atoms with E-state index in [4.69, 9.17) is 9.47 Å². The first-order chi connectivity index (χ1) is 13.8. The van der Waals surface area contributed by atoms with E-state index in [0.717, 1.165) is 46.0 Å². The molecule has 0 aromatic heterocycles. The van der Waals surface area contributed by atoms with Crippen LogP contribution in [-0.2, 0) is 16.0 Å². The Morgan fingerprint density at radius 1 is 1.11 bits per heavy atom. The normalized spacial score (nSPS) is 13.6. The first-order valence-electron chi connectivity index (χ1n) is 10.4. The summed E-state index contributed by atoms with van der Waals surface area (Å²) in [4.78, 5) is 4.64. The van der Waals surface area contributed by atoms with E-state index in [1.165, 1.54) is 11.3 Å². The molecule has 4 nitrogen and oxygen atoms in total. The van der Waals surface area contributed by atoms with E-state index in [-0.39, 0.29) is 0 Å². The van der Waals surface area contributed by atoms with Crippen molar-refractivity contribution < 1.29 is 9.47 Å². The molecule has 1 heterocycles. The Bertz CT molecular complexity index is 480. The van der Waals surface area contributed by atoms with Crippen LogP contribution in [0.5, 0.6) is 0 Å². The SMILES string of the molecule is C#C.C/C(=C/COCCN1CCOCC1)N(C)Cc1ccccc1.CC.CC. The van der Waals surface area contributed by atoms with Crippen LogP contribution in [0.1, 0.15) is 40.2 Å². The zero-order valence-electron chi connectivity index (χ0n) is 19.0. The van der Waals surface area contributed by atoms with E-state index >= 15 is 0 Å². The number of morpholine rings is 1. The van der Waals surface area contributed by atoms with Crippen molar-refractivity contribution in [1.82, 2.24) is 9.80 Å². The van der Waals surface area contributed by atoms with Gasteiger partial charge in [-0.2, -0.15) is 0 Å². The predicted molar refractivity (Wildman–Crippen MR) is 122 cm³/mol. The van der Waals surface area contributed by atoms with Gasteiger partial charge >= 0.3 is 0 Å². The molecule has 1 aromatic rings. The molecule has 0 atom stereocenters. The van der Waals surface area contributed by atoms with Crippen LogP contribution in [0.2, 0.25) is 0 Å². The molecule has 0 aliphatic carbocycles. The molecule has 0 bridgehead atoms. The third kappa shape index (κ3) is 14.3. The monoisotopic (exact) mass is 390 g/mol. The fourth-order valence-electron chi connectivity index (χ4n) is 2.42. The summed E-state index contributed by atoms with van der Waals surface area (Å²) in [7, 11) is 2.12. The van der Waals surface area contributed by atoms with Crippen molar-refractivity contribution in [2.45, 2.75) is 41.2 Å². The van der Waals surface area contributed by atoms with Crippen LogP contribution in [0.4, 0.5) is 0 Å². The third-order valence-corrected chi connectivity index (χ3v) is 4.02. The molecule has 28 heavy (non-hydrogen) atoms. The number of terminal acetylenes is 1. The quantitative estimate of drug-likeness (QED) is 0.476. The second-order valence-corrected chi connectivity index (χ2v) is 5.72. The summed E-state index contributed by atoms with van der Waals surface area (Å²) in [6.07, 6.45) is 10.2. The van der Waals surface area contributed by atoms with Crippen LogP contribution in [0.3, 0.4) is 0 Å². The first-order valence-corrected chi connectivity index (χ1v) is 10.4. The fourth-order valence-corrected chi connectivity index (χ4v) is 2.42. The lowest BCUT2D eigenvalue weighted by atomic mass is 10.2. The topological polar surface area (TPSA) is 24.9 Å². The zero-order chi connectivity index (χ0) is 21.6. The van der Waals surface area contributed by atoms with Gasteiger partial charge in [0.1, 0.15) is 0 Å². The summed E-state index contributed by atoms with van der Waals surface area (Å²) in [6, 6.07) is 10.5. The Kier molecular flexibility index (Phi) is 21.8. The molecule has 0 amide bonds. The van der Waals surface area contributed by atoms with Gasteiger partial charge in [-0.3, -0.25) is 4.90 Å². The van der Waals surface area contributed by atoms with Gasteiger partial charge < -0.3 is 14.4 Å². The van der Waals surface area contributed by atoms with Crippen molar-refractivity contribution >= 4 is 0 Å². The standard InChI is InChI=1S/C18H28N2O2.2C2H6.C2H2/c1-17(19(2)16-18-6-4-3-5-7-18)8-12-21-13-9-20-10-14-22-15-11-20;3*1-2/h3-8H,9-16H2,1-2H3;2*1-2H3;1-2H/b17-8-;;;. The van der Waals surface area contributed by atoms with E-state index < -0.39 is 0 Å². The lowest BCUT2D eigenvalue weighted by Crippen LogP contribution is -2.38. The number of benzene rings is 1. The Morgan fingerprint density at radius 3 is 2.25 bits per heavy atom. The largest absolute Gasteiger partial charge is 0.379 e. The highest BCUT2D eigenvalue weighted by Gasteiger charge is 2.09. The van der Waals surface area contributed by atoms with Gasteiger partial charge in [0.05, 0.1) is 26.4 Å². The highest BCUT2D eigenvalue weighted by atomic mass is 16.5. The number of hydrogen-bond acceptors (Lipinski definition) is 4. The number of hydrogen-bond donors (Lipinski definition) is 0. The van der Waals surface area contributed by atoms with Crippen LogP contribution in [0, 0.1) is 12.8 Å². The maximum absolute atomic E-state index is 5.72. The van der Waals surface area contributed by atoms with Crippen molar-refractivity contribution in [2.75, 3.05) is 53.1 Å². The summed E-state index contributed by atoms with van der Waals surface area (Å²) in [5, 5.41) is 0. The average molecular weight is 391 g/mol. The van der Waals surface area contributed by atoms with Crippen LogP contribution in [-0.4, -0.2) is 62.9 Å². The minimum Gasteiger partial charge on any atom is -0.379 e. The van der Waals surface area contributed by atoms with Gasteiger partial charge in [-0.1, -0.05) is 58.0 Å². The summed E-state index contributed by atoms with van der Waals surface area (Å²) < 4.78 is 11.1. The Morgan fingerprint density at radius 2 is 1.68 bits per heavy atom. The molecule has 1 saturated heterocycles. The molecule has 4 heteroatoms. The van der Waals surface area contributed by atoms with E-state index in [1.807, 2.05) is 27.7 Å². The van der Waals surface area contributed by atoms with Gasteiger partial charge in [0, 0.05) is 38.9 Å². The third-order valence-electron chi connectivity index (χ3n) is 4.02. The van der Waals surface area contributed by atoms with Crippen molar-refractivity contribution in [3.63, 3.8) is 0 Å². The smallest absolute Gasteiger partial charge is 0.0667 e. The van der Waals surface area contributed by atoms with Crippen molar-refractivity contribution in [1.29, 1.82) is 0 Å². The van der Waals surface area contributed by atoms with Crippen LogP contribution in [0.25, 0.3) is 0 Å². The first kappa shape index (κ1) is 28.4. The Labute approximate surface area is 174 Å². The maximum Gasteiger partial charge on any atom is 0.0667 e. The van der Waals surface area contributed by atoms with Gasteiger partial charge in [-0.25, -0.2) is 0 Å². The van der Waals surface area contributed by atoms with E-state index in [0.29, 0.717) is 6.61 Å². The van der Waals surface area contributed by atoms with E-state index in [9.17, 15) is 0 Å². The lowest BCUT2D eigenvalue weighted by Gasteiger charge is -2.26. The van der Waals surface area contributed by atoms with Crippen molar-refractivity contribution in [3.05, 3.63) is 47.7 Å². The Balaban J connectivity index is 0. The number of rotatable bonds is 8. The predicted octanol–water partition coefficient (Wildman–Crippen LogP) is 4.67. The summed E-state index contributed by atoms with van der Waals surface area (Å²) in [6.45, 7) is 17.3. The molecule has 1 aromatic carbocycles. The lowest BCUT2D eigenvalue weighted by molar-refractivity contribution is 0.0233. The van der Waals surface area contributed by atoms with Crippen LogP contribution in [0.15, 0.2) is 42.1 Å². The van der Waals surface area contributed by atoms with E-state index in [1.54, 1.807) is 0 Å². The summed E-state index contributed by atoms with van der Waals surface area (Å²) in [5.41, 5.74) is 2.57. The number of nitrogens with zero attached hydrogens (tertiary/aromatic N) is 2. The molecule has 0 radical (unpaired) electrons. The van der Waals surface area contributed by atoms with Gasteiger partial charge in [0.2, 0.25) is 0 Å². The maximum atomic E-state index is 5.72. The molecular weight excluding hydrogens is 348 g/mol. The molecule has 160 valence electrons. The Hall–Kier alpha value is -1.80. The number of ether oxygens (including phenoxy) is 2. The molecule has 0 saturated carbocycles. The summed E-state index contributed by atoms with van der Waals surface area (Å²) in [5.74, 6) is 0. The number of allylic oxidation sites excluding steroid dienone is 1. The molecule has 2 rings (SSSR count). The minimum absolute atomic E-state index is 0.676. The molecule has 0 unspecified atom stereocenters. The highest BCUT2D eigenvalue weighted by Crippen LogP contribution is 2.08. The average Bonchev–Trinajstić information content (AvgIpc) is 2.79. The van der Waals surface area contributed by atoms with Crippen LogP contribution < -0.4 is 0 Å². The van der Waals surface area contributed by atoms with Crippen LogP contribution >= 0.6 is 0 Å². The van der Waals surface area contributed by atoms with E-state index in [2.05, 4.69) is 73.0 Å². The second kappa shape index (κ2) is 21.5. The summed E-state index contributed by atoms with van der Waals surface area (Å²) >= 11 is 0.